The summed E-state index contributed by atoms with van der Waals surface area (Å²) in [6.07, 6.45) is 0.137. The van der Waals surface area contributed by atoms with Crippen molar-refractivity contribution in [2.45, 2.75) is 39.1 Å². The van der Waals surface area contributed by atoms with Crippen LogP contribution in [0.1, 0.15) is 25.0 Å². The van der Waals surface area contributed by atoms with Gasteiger partial charge in [0.05, 0.1) is 17.4 Å². The molecule has 0 aliphatic carbocycles. The zero-order chi connectivity index (χ0) is 22.1. The second-order valence-corrected chi connectivity index (χ2v) is 7.30. The molecule has 3 aromatic heterocycles. The van der Waals surface area contributed by atoms with Gasteiger partial charge < -0.3 is 15.2 Å². The van der Waals surface area contributed by atoms with Crippen LogP contribution in [0.2, 0.25) is 0 Å². The smallest absolute Gasteiger partial charge is 0.422 e. The van der Waals surface area contributed by atoms with Crippen molar-refractivity contribution >= 4 is 22.6 Å². The first-order valence-electron chi connectivity index (χ1n) is 8.93. The van der Waals surface area contributed by atoms with Gasteiger partial charge in [0.2, 0.25) is 5.88 Å². The third-order valence-corrected chi connectivity index (χ3v) is 4.07. The lowest BCUT2D eigenvalue weighted by Gasteiger charge is -2.16. The number of hydrogen-bond acceptors (Lipinski definition) is 6. The first-order chi connectivity index (χ1) is 13.9. The van der Waals surface area contributed by atoms with E-state index in [1.807, 2.05) is 0 Å². The number of rotatable bonds is 6. The molecule has 0 aliphatic heterocycles. The molecule has 3 rings (SSSR count). The third-order valence-electron chi connectivity index (χ3n) is 4.07. The Bertz CT molecular complexity index is 1070. The minimum atomic E-state index is -4.44. The lowest BCUT2D eigenvalue weighted by molar-refractivity contribution is -0.154. The number of halogens is 3. The zero-order valence-corrected chi connectivity index (χ0v) is 16.5. The number of alkyl halides is 3. The number of pyridine rings is 2. The molecule has 0 radical (unpaired) electrons. The van der Waals surface area contributed by atoms with E-state index < -0.39 is 24.3 Å². The predicted molar refractivity (Wildman–Crippen MR) is 102 cm³/mol. The van der Waals surface area contributed by atoms with E-state index in [9.17, 15) is 23.1 Å². The monoisotopic (exact) mass is 423 g/mol. The molecule has 0 aromatic carbocycles. The van der Waals surface area contributed by atoms with Gasteiger partial charge in [-0.2, -0.15) is 18.3 Å². The summed E-state index contributed by atoms with van der Waals surface area (Å²) >= 11 is 0. The Morgan fingerprint density at radius 2 is 2.03 bits per heavy atom. The van der Waals surface area contributed by atoms with E-state index in [4.69, 9.17) is 4.74 Å². The Kier molecular flexibility index (Phi) is 5.66. The van der Waals surface area contributed by atoms with Crippen molar-refractivity contribution in [1.29, 1.82) is 0 Å². The minimum Gasteiger partial charge on any atom is -0.468 e. The highest BCUT2D eigenvalue weighted by Gasteiger charge is 2.29. The van der Waals surface area contributed by atoms with Crippen LogP contribution in [-0.4, -0.2) is 49.1 Å². The summed E-state index contributed by atoms with van der Waals surface area (Å²) in [5.74, 6) is -0.428. The highest BCUT2D eigenvalue weighted by Crippen LogP contribution is 2.23. The summed E-state index contributed by atoms with van der Waals surface area (Å²) < 4.78 is 43.2. The van der Waals surface area contributed by atoms with Gasteiger partial charge in [0.1, 0.15) is 11.4 Å². The van der Waals surface area contributed by atoms with E-state index in [1.165, 1.54) is 26.2 Å². The van der Waals surface area contributed by atoms with Gasteiger partial charge in [0, 0.05) is 24.2 Å². The lowest BCUT2D eigenvalue weighted by Crippen LogP contribution is -2.36. The van der Waals surface area contributed by atoms with Crippen LogP contribution in [0.25, 0.3) is 10.9 Å². The van der Waals surface area contributed by atoms with Crippen LogP contribution in [0, 0.1) is 6.92 Å². The van der Waals surface area contributed by atoms with E-state index in [0.717, 1.165) is 0 Å². The number of anilines is 1. The van der Waals surface area contributed by atoms with Crippen molar-refractivity contribution in [2.75, 3.05) is 11.9 Å². The van der Waals surface area contributed by atoms with Crippen LogP contribution >= 0.6 is 0 Å². The number of fused-ring (bicyclic) bond motifs is 1. The predicted octanol–water partition coefficient (Wildman–Crippen LogP) is 2.83. The summed E-state index contributed by atoms with van der Waals surface area (Å²) in [7, 11) is 0. The van der Waals surface area contributed by atoms with E-state index in [1.54, 1.807) is 29.9 Å². The number of hydrogen-bond donors (Lipinski definition) is 2. The molecule has 0 bridgehead atoms. The lowest BCUT2D eigenvalue weighted by atomic mass is 10.1. The molecule has 2 N–H and O–H groups in total. The van der Waals surface area contributed by atoms with Crippen LogP contribution in [0.15, 0.2) is 30.7 Å². The van der Waals surface area contributed by atoms with Crippen molar-refractivity contribution in [3.63, 3.8) is 0 Å². The number of ether oxygens (including phenoxy) is 1. The molecule has 0 saturated heterocycles. The summed E-state index contributed by atoms with van der Waals surface area (Å²) in [4.78, 5) is 20.1. The number of aromatic nitrogens is 4. The fraction of sp³-hybridized carbons (Fsp3) is 0.368. The molecule has 1 amide bonds. The van der Waals surface area contributed by atoms with Crippen LogP contribution in [-0.2, 0) is 11.3 Å². The van der Waals surface area contributed by atoms with Crippen molar-refractivity contribution in [3.8, 4) is 5.88 Å². The molecular formula is C19H20F3N5O3. The second kappa shape index (κ2) is 7.90. The van der Waals surface area contributed by atoms with Gasteiger partial charge in [-0.25, -0.2) is 9.97 Å². The number of aryl methyl sites for hydroxylation is 1. The molecule has 0 fully saturated rings. The molecule has 160 valence electrons. The molecule has 8 nitrogen and oxygen atoms in total. The molecule has 0 spiro atoms. The molecule has 3 aromatic rings. The number of carbonyl (C=O) groups excluding carboxylic acids is 1. The molecule has 0 aliphatic rings. The maximum atomic E-state index is 12.3. The van der Waals surface area contributed by atoms with Gasteiger partial charge in [-0.1, -0.05) is 0 Å². The van der Waals surface area contributed by atoms with Gasteiger partial charge in [-0.05, 0) is 38.5 Å². The standard InChI is InChI=1S/C19H20F3N5O3/c1-11-6-12(7-24-16(11)30-10-19(20,21)22)8-27-9-13-14(26-27)4-5-23-15(13)25-17(28)18(2,3)29/h4-7,9,29H,8,10H2,1-3H3,(H,23,25,28). The summed E-state index contributed by atoms with van der Waals surface area (Å²) in [6.45, 7) is 3.22. The number of amides is 1. The Morgan fingerprint density at radius 3 is 2.67 bits per heavy atom. The van der Waals surface area contributed by atoms with Gasteiger partial charge in [0.25, 0.3) is 5.91 Å². The minimum absolute atomic E-state index is 0.0810. The second-order valence-electron chi connectivity index (χ2n) is 7.30. The fourth-order valence-corrected chi connectivity index (χ4v) is 2.63. The molecule has 30 heavy (non-hydrogen) atoms. The molecule has 0 atom stereocenters. The third kappa shape index (κ3) is 5.23. The van der Waals surface area contributed by atoms with Gasteiger partial charge in [0.15, 0.2) is 6.61 Å². The summed E-state index contributed by atoms with van der Waals surface area (Å²) in [6, 6.07) is 3.34. The SMILES string of the molecule is Cc1cc(Cn2cc3c(NC(=O)C(C)(C)O)nccc3n2)cnc1OCC(F)(F)F. The van der Waals surface area contributed by atoms with Gasteiger partial charge in [-0.15, -0.1) is 0 Å². The number of aliphatic hydroxyl groups is 1. The quantitative estimate of drug-likeness (QED) is 0.632. The molecule has 3 heterocycles. The van der Waals surface area contributed by atoms with Crippen LogP contribution in [0.4, 0.5) is 19.0 Å². The van der Waals surface area contributed by atoms with E-state index in [2.05, 4.69) is 20.4 Å². The molecule has 0 saturated carbocycles. The Hall–Kier alpha value is -3.21. The van der Waals surface area contributed by atoms with Crippen molar-refractivity contribution in [2.24, 2.45) is 0 Å². The molecule has 0 unspecified atom stereocenters. The molecule has 11 heteroatoms. The van der Waals surface area contributed by atoms with Crippen molar-refractivity contribution in [1.82, 2.24) is 19.7 Å². The number of carbonyl (C=O) groups is 1. The average molecular weight is 423 g/mol. The summed E-state index contributed by atoms with van der Waals surface area (Å²) in [5, 5.41) is 17.4. The Balaban J connectivity index is 1.79. The van der Waals surface area contributed by atoms with E-state index in [0.29, 0.717) is 28.6 Å². The Labute approximate surface area is 169 Å². The zero-order valence-electron chi connectivity index (χ0n) is 16.5. The number of nitrogens with one attached hydrogen (secondary N) is 1. The van der Waals surface area contributed by atoms with Gasteiger partial charge in [-0.3, -0.25) is 9.48 Å². The van der Waals surface area contributed by atoms with Crippen LogP contribution in [0.3, 0.4) is 0 Å². The molecular weight excluding hydrogens is 403 g/mol. The fourth-order valence-electron chi connectivity index (χ4n) is 2.63. The highest BCUT2D eigenvalue weighted by atomic mass is 19.4. The first kappa shape index (κ1) is 21.5. The van der Waals surface area contributed by atoms with Crippen LogP contribution < -0.4 is 10.1 Å². The normalized spacial score (nSPS) is 12.2. The summed E-state index contributed by atoms with van der Waals surface area (Å²) in [5.41, 5.74) is 0.174. The van der Waals surface area contributed by atoms with E-state index >= 15 is 0 Å². The maximum absolute atomic E-state index is 12.3. The topological polar surface area (TPSA) is 102 Å². The first-order valence-corrected chi connectivity index (χ1v) is 8.93. The van der Waals surface area contributed by atoms with Crippen molar-refractivity contribution in [3.05, 3.63) is 41.9 Å². The van der Waals surface area contributed by atoms with Gasteiger partial charge >= 0.3 is 6.18 Å². The maximum Gasteiger partial charge on any atom is 0.422 e. The number of nitrogens with zero attached hydrogens (tertiary/aromatic N) is 4. The highest BCUT2D eigenvalue weighted by molar-refractivity contribution is 6.02. The average Bonchev–Trinajstić information content (AvgIpc) is 3.03. The Morgan fingerprint density at radius 1 is 1.30 bits per heavy atom. The largest absolute Gasteiger partial charge is 0.468 e. The van der Waals surface area contributed by atoms with Crippen LogP contribution in [0.5, 0.6) is 5.88 Å². The van der Waals surface area contributed by atoms with E-state index in [-0.39, 0.29) is 11.7 Å². The van der Waals surface area contributed by atoms with Crippen molar-refractivity contribution < 1.29 is 27.8 Å².